The zero-order valence-corrected chi connectivity index (χ0v) is 11.0. The molecular weight excluding hydrogens is 252 g/mol. The van der Waals surface area contributed by atoms with Gasteiger partial charge in [-0.25, -0.2) is 0 Å². The number of rotatable bonds is 4. The van der Waals surface area contributed by atoms with E-state index in [9.17, 15) is 4.79 Å². The predicted octanol–water partition coefficient (Wildman–Crippen LogP) is 4.17. The highest BCUT2D eigenvalue weighted by Crippen LogP contribution is 2.28. The van der Waals surface area contributed by atoms with Crippen LogP contribution < -0.4 is 0 Å². The fraction of sp³-hybridized carbons (Fsp3) is 0.462. The Morgan fingerprint density at radius 2 is 2.07 bits per heavy atom. The van der Waals surface area contributed by atoms with Crippen LogP contribution in [0.1, 0.15) is 38.7 Å². The van der Waals surface area contributed by atoms with Crippen LogP contribution in [0, 0.1) is 5.92 Å². The second-order valence-electron chi connectivity index (χ2n) is 4.10. The molecule has 0 heterocycles. The highest BCUT2D eigenvalue weighted by molar-refractivity contribution is 9.10. The molecule has 1 nitrogen and oxygen atoms in total. The van der Waals surface area contributed by atoms with Crippen LogP contribution in [0.15, 0.2) is 28.7 Å². The molecular formula is C13H17BrO. The maximum absolute atomic E-state index is 11.8. The Labute approximate surface area is 100 Å². The van der Waals surface area contributed by atoms with Crippen molar-refractivity contribution >= 4 is 21.7 Å². The smallest absolute Gasteiger partial charge is 0.140 e. The van der Waals surface area contributed by atoms with E-state index in [0.29, 0.717) is 18.1 Å². The number of carbonyl (C=O) groups is 1. The first-order valence-corrected chi connectivity index (χ1v) is 6.13. The van der Waals surface area contributed by atoms with Crippen molar-refractivity contribution in [2.24, 2.45) is 5.92 Å². The minimum atomic E-state index is 0.0347. The van der Waals surface area contributed by atoms with E-state index in [-0.39, 0.29) is 5.92 Å². The lowest BCUT2D eigenvalue weighted by atomic mass is 9.84. The Hall–Kier alpha value is -0.630. The average molecular weight is 269 g/mol. The van der Waals surface area contributed by atoms with Crippen LogP contribution in [0.3, 0.4) is 0 Å². The zero-order valence-electron chi connectivity index (χ0n) is 9.46. The van der Waals surface area contributed by atoms with Gasteiger partial charge in [-0.05, 0) is 23.6 Å². The molecule has 1 rings (SSSR count). The zero-order chi connectivity index (χ0) is 11.4. The van der Waals surface area contributed by atoms with E-state index in [1.165, 1.54) is 0 Å². The average Bonchev–Trinajstić information content (AvgIpc) is 2.17. The Morgan fingerprint density at radius 3 is 2.53 bits per heavy atom. The minimum absolute atomic E-state index is 0.0347. The van der Waals surface area contributed by atoms with Crippen LogP contribution in [-0.4, -0.2) is 5.78 Å². The van der Waals surface area contributed by atoms with Crippen LogP contribution in [0.2, 0.25) is 0 Å². The summed E-state index contributed by atoms with van der Waals surface area (Å²) in [6, 6.07) is 8.04. The highest BCUT2D eigenvalue weighted by atomic mass is 79.9. The lowest BCUT2D eigenvalue weighted by Gasteiger charge is -2.19. The van der Waals surface area contributed by atoms with E-state index in [2.05, 4.69) is 29.8 Å². The second kappa shape index (κ2) is 5.45. The highest BCUT2D eigenvalue weighted by Gasteiger charge is 2.22. The summed E-state index contributed by atoms with van der Waals surface area (Å²) in [5, 5.41) is 0. The van der Waals surface area contributed by atoms with E-state index in [1.54, 1.807) is 0 Å². The normalized spacial score (nSPS) is 12.9. The van der Waals surface area contributed by atoms with Crippen molar-refractivity contribution in [2.45, 2.75) is 33.1 Å². The molecule has 0 aromatic heterocycles. The molecule has 82 valence electrons. The summed E-state index contributed by atoms with van der Waals surface area (Å²) in [4.78, 5) is 11.8. The van der Waals surface area contributed by atoms with Gasteiger partial charge in [0.1, 0.15) is 5.78 Å². The third kappa shape index (κ3) is 3.16. The molecule has 0 saturated heterocycles. The maximum atomic E-state index is 11.8. The number of hydrogen-bond donors (Lipinski definition) is 0. The molecule has 1 unspecified atom stereocenters. The molecule has 1 atom stereocenters. The van der Waals surface area contributed by atoms with Crippen LogP contribution in [-0.2, 0) is 4.79 Å². The molecule has 0 amide bonds. The van der Waals surface area contributed by atoms with Crippen molar-refractivity contribution in [3.05, 3.63) is 34.3 Å². The van der Waals surface area contributed by atoms with Crippen molar-refractivity contribution in [1.29, 1.82) is 0 Å². The molecule has 0 spiro atoms. The summed E-state index contributed by atoms with van der Waals surface area (Å²) in [5.41, 5.74) is 1.12. The van der Waals surface area contributed by atoms with E-state index in [0.717, 1.165) is 10.0 Å². The molecule has 1 aromatic rings. The van der Waals surface area contributed by atoms with Gasteiger partial charge < -0.3 is 0 Å². The van der Waals surface area contributed by atoms with Gasteiger partial charge in [-0.1, -0.05) is 48.8 Å². The summed E-state index contributed by atoms with van der Waals surface area (Å²) >= 11 is 3.44. The Bertz CT molecular complexity index is 344. The summed E-state index contributed by atoms with van der Waals surface area (Å²) < 4.78 is 1.04. The molecule has 0 bridgehead atoms. The third-order valence-corrected chi connectivity index (χ3v) is 3.06. The molecule has 0 fully saturated rings. The van der Waals surface area contributed by atoms with Gasteiger partial charge in [-0.2, -0.15) is 0 Å². The number of carbonyl (C=O) groups excluding carboxylic acids is 1. The van der Waals surface area contributed by atoms with Gasteiger partial charge in [0, 0.05) is 16.8 Å². The fourth-order valence-electron chi connectivity index (χ4n) is 1.86. The molecule has 0 aliphatic heterocycles. The van der Waals surface area contributed by atoms with Crippen LogP contribution in [0.5, 0.6) is 0 Å². The topological polar surface area (TPSA) is 17.1 Å². The van der Waals surface area contributed by atoms with Crippen LogP contribution in [0.25, 0.3) is 0 Å². The van der Waals surface area contributed by atoms with Crippen molar-refractivity contribution < 1.29 is 4.79 Å². The summed E-state index contributed by atoms with van der Waals surface area (Å²) in [5.74, 6) is 0.711. The van der Waals surface area contributed by atoms with Crippen molar-refractivity contribution in [3.8, 4) is 0 Å². The Kier molecular flexibility index (Phi) is 4.52. The monoisotopic (exact) mass is 268 g/mol. The van der Waals surface area contributed by atoms with Crippen LogP contribution in [0.4, 0.5) is 0 Å². The number of halogens is 1. The lowest BCUT2D eigenvalue weighted by molar-refractivity contribution is -0.121. The standard InChI is InChI=1S/C13H17BrO/c1-4-12(15)13(9(2)3)10-6-5-7-11(14)8-10/h5-9,13H,4H2,1-3H3. The van der Waals surface area contributed by atoms with Gasteiger partial charge in [0.05, 0.1) is 0 Å². The number of Topliss-reactive ketones (excluding diaryl/α,β-unsaturated/α-hetero) is 1. The van der Waals surface area contributed by atoms with E-state index in [4.69, 9.17) is 0 Å². The minimum Gasteiger partial charge on any atom is -0.299 e. The van der Waals surface area contributed by atoms with E-state index in [1.807, 2.05) is 31.2 Å². The van der Waals surface area contributed by atoms with Crippen molar-refractivity contribution in [3.63, 3.8) is 0 Å². The molecule has 0 saturated carbocycles. The largest absolute Gasteiger partial charge is 0.299 e. The molecule has 0 N–H and O–H groups in total. The SMILES string of the molecule is CCC(=O)C(c1cccc(Br)c1)C(C)C. The first-order valence-electron chi connectivity index (χ1n) is 5.34. The summed E-state index contributed by atoms with van der Waals surface area (Å²) in [6.45, 7) is 6.12. The predicted molar refractivity (Wildman–Crippen MR) is 67.0 cm³/mol. The number of benzene rings is 1. The Morgan fingerprint density at radius 1 is 1.40 bits per heavy atom. The summed E-state index contributed by atoms with van der Waals surface area (Å²) in [6.07, 6.45) is 0.607. The summed E-state index contributed by atoms with van der Waals surface area (Å²) in [7, 11) is 0. The van der Waals surface area contributed by atoms with Gasteiger partial charge in [-0.3, -0.25) is 4.79 Å². The molecule has 0 aliphatic carbocycles. The molecule has 15 heavy (non-hydrogen) atoms. The quantitative estimate of drug-likeness (QED) is 0.801. The first-order chi connectivity index (χ1) is 7.06. The second-order valence-corrected chi connectivity index (χ2v) is 5.01. The van der Waals surface area contributed by atoms with Gasteiger partial charge in [0.2, 0.25) is 0 Å². The van der Waals surface area contributed by atoms with E-state index >= 15 is 0 Å². The van der Waals surface area contributed by atoms with Crippen molar-refractivity contribution in [2.75, 3.05) is 0 Å². The van der Waals surface area contributed by atoms with Crippen molar-refractivity contribution in [1.82, 2.24) is 0 Å². The fourth-order valence-corrected chi connectivity index (χ4v) is 2.28. The molecule has 1 aromatic carbocycles. The number of ketones is 1. The van der Waals surface area contributed by atoms with Gasteiger partial charge in [0.15, 0.2) is 0 Å². The molecule has 0 aliphatic rings. The van der Waals surface area contributed by atoms with E-state index < -0.39 is 0 Å². The molecule has 0 radical (unpaired) electrons. The van der Waals surface area contributed by atoms with Gasteiger partial charge in [-0.15, -0.1) is 0 Å². The van der Waals surface area contributed by atoms with Crippen LogP contribution >= 0.6 is 15.9 Å². The lowest BCUT2D eigenvalue weighted by Crippen LogP contribution is -2.17. The van der Waals surface area contributed by atoms with Gasteiger partial charge in [0.25, 0.3) is 0 Å². The number of hydrogen-bond acceptors (Lipinski definition) is 1. The maximum Gasteiger partial charge on any atom is 0.140 e. The molecule has 2 heteroatoms. The Balaban J connectivity index is 3.04. The van der Waals surface area contributed by atoms with Gasteiger partial charge >= 0.3 is 0 Å². The first kappa shape index (κ1) is 12.4. The third-order valence-electron chi connectivity index (χ3n) is 2.57.